The van der Waals surface area contributed by atoms with Gasteiger partial charge in [-0.3, -0.25) is 4.79 Å². The van der Waals surface area contributed by atoms with Crippen LogP contribution in [0, 0.1) is 0 Å². The van der Waals surface area contributed by atoms with E-state index in [2.05, 4.69) is 4.90 Å². The highest BCUT2D eigenvalue weighted by molar-refractivity contribution is 5.94. The van der Waals surface area contributed by atoms with Crippen LogP contribution in [0.5, 0.6) is 11.5 Å². The van der Waals surface area contributed by atoms with Gasteiger partial charge in [-0.1, -0.05) is 0 Å². The summed E-state index contributed by atoms with van der Waals surface area (Å²) in [6.07, 6.45) is 5.67. The van der Waals surface area contributed by atoms with Gasteiger partial charge in [0.15, 0.2) is 0 Å². The average Bonchev–Trinajstić information content (AvgIpc) is 3.35. The molecule has 5 rings (SSSR count). The summed E-state index contributed by atoms with van der Waals surface area (Å²) in [5, 5.41) is 10.2. The maximum absolute atomic E-state index is 13.4. The van der Waals surface area contributed by atoms with E-state index in [-0.39, 0.29) is 11.6 Å². The molecule has 184 valence electrons. The Morgan fingerprint density at radius 2 is 1.91 bits per heavy atom. The first-order valence-electron chi connectivity index (χ1n) is 11.9. The maximum atomic E-state index is 13.4. The molecular weight excluding hydrogens is 448 g/mol. The molecule has 0 atom stereocenters. The standard InChI is InChI=1S/C26H30N4O5/c1-34-17-7-6-15(21(12-17)35-2)13-30-14-20(26(32)33)23(31)22-18-4-3-5-19(18)24(28-25(22)30)29-10-8-16(27)9-11-29/h6-7,12,14,16H,3-5,8-11,13,27H2,1-2H3,(H,32,33). The molecule has 0 unspecified atom stereocenters. The number of nitrogens with two attached hydrogens (primary N) is 1. The zero-order valence-corrected chi connectivity index (χ0v) is 20.0. The van der Waals surface area contributed by atoms with E-state index < -0.39 is 11.4 Å². The molecule has 1 aliphatic carbocycles. The van der Waals surface area contributed by atoms with Crippen molar-refractivity contribution < 1.29 is 19.4 Å². The number of anilines is 1. The van der Waals surface area contributed by atoms with Crippen LogP contribution in [0.25, 0.3) is 11.0 Å². The summed E-state index contributed by atoms with van der Waals surface area (Å²) in [5.74, 6) is 0.922. The Morgan fingerprint density at radius 3 is 2.60 bits per heavy atom. The van der Waals surface area contributed by atoms with E-state index in [1.807, 2.05) is 12.1 Å². The Kier molecular flexibility index (Phi) is 6.10. The normalized spacial score (nSPS) is 15.9. The highest BCUT2D eigenvalue weighted by Gasteiger charge is 2.29. The molecule has 0 amide bonds. The van der Waals surface area contributed by atoms with E-state index in [9.17, 15) is 14.7 Å². The fourth-order valence-corrected chi connectivity index (χ4v) is 5.29. The maximum Gasteiger partial charge on any atom is 0.341 e. The Bertz CT molecular complexity index is 1360. The van der Waals surface area contributed by atoms with E-state index >= 15 is 0 Å². The van der Waals surface area contributed by atoms with Crippen molar-refractivity contribution in [1.82, 2.24) is 9.55 Å². The van der Waals surface area contributed by atoms with E-state index in [1.54, 1.807) is 24.9 Å². The zero-order chi connectivity index (χ0) is 24.7. The molecule has 0 spiro atoms. The van der Waals surface area contributed by atoms with Crippen LogP contribution in [-0.4, -0.2) is 54.0 Å². The molecule has 1 fully saturated rings. The second-order valence-electron chi connectivity index (χ2n) is 9.25. The van der Waals surface area contributed by atoms with Gasteiger partial charge >= 0.3 is 5.97 Å². The number of aromatic nitrogens is 2. The van der Waals surface area contributed by atoms with E-state index in [0.717, 1.165) is 67.7 Å². The van der Waals surface area contributed by atoms with Crippen LogP contribution in [0.1, 0.15) is 46.3 Å². The predicted octanol–water partition coefficient (Wildman–Crippen LogP) is 2.58. The van der Waals surface area contributed by atoms with Gasteiger partial charge in [-0.05, 0) is 55.4 Å². The van der Waals surface area contributed by atoms with Crippen molar-refractivity contribution in [2.45, 2.75) is 44.7 Å². The van der Waals surface area contributed by atoms with Gasteiger partial charge in [0.1, 0.15) is 28.5 Å². The Morgan fingerprint density at radius 1 is 1.17 bits per heavy atom. The zero-order valence-electron chi connectivity index (χ0n) is 20.0. The summed E-state index contributed by atoms with van der Waals surface area (Å²) in [6.45, 7) is 1.92. The monoisotopic (exact) mass is 478 g/mol. The fourth-order valence-electron chi connectivity index (χ4n) is 5.29. The number of hydrogen-bond donors (Lipinski definition) is 2. The van der Waals surface area contributed by atoms with Crippen molar-refractivity contribution >= 4 is 22.8 Å². The number of pyridine rings is 2. The lowest BCUT2D eigenvalue weighted by atomic mass is 10.0. The number of nitrogens with zero attached hydrogens (tertiary/aromatic N) is 3. The molecule has 0 radical (unpaired) electrons. The number of aryl methyl sites for hydroxylation is 1. The second-order valence-corrected chi connectivity index (χ2v) is 9.25. The van der Waals surface area contributed by atoms with Gasteiger partial charge in [0.25, 0.3) is 0 Å². The van der Waals surface area contributed by atoms with Gasteiger partial charge in [-0.2, -0.15) is 0 Å². The lowest BCUT2D eigenvalue weighted by Gasteiger charge is -2.33. The lowest BCUT2D eigenvalue weighted by molar-refractivity contribution is 0.0695. The molecule has 0 saturated carbocycles. The van der Waals surface area contributed by atoms with Crippen LogP contribution in [0.15, 0.2) is 29.2 Å². The van der Waals surface area contributed by atoms with E-state index in [1.165, 1.54) is 6.20 Å². The first kappa shape index (κ1) is 23.2. The number of fused-ring (bicyclic) bond motifs is 3. The third kappa shape index (κ3) is 4.10. The molecule has 2 aromatic heterocycles. The molecule has 3 aromatic rings. The van der Waals surface area contributed by atoms with Crippen LogP contribution in [0.2, 0.25) is 0 Å². The number of rotatable bonds is 6. The number of piperidine rings is 1. The SMILES string of the molecule is COc1ccc(Cn2cc(C(=O)O)c(=O)c3c4c(c(N5CCC(N)CC5)nc32)CCC4)c(OC)c1. The number of carboxylic acid groups (broad SMARTS) is 1. The summed E-state index contributed by atoms with van der Waals surface area (Å²) in [6, 6.07) is 5.68. The lowest BCUT2D eigenvalue weighted by Crippen LogP contribution is -2.40. The molecule has 35 heavy (non-hydrogen) atoms. The average molecular weight is 479 g/mol. The van der Waals surface area contributed by atoms with Crippen LogP contribution < -0.4 is 25.5 Å². The van der Waals surface area contributed by atoms with Crippen LogP contribution in [-0.2, 0) is 19.4 Å². The van der Waals surface area contributed by atoms with E-state index in [4.69, 9.17) is 20.2 Å². The summed E-state index contributed by atoms with van der Waals surface area (Å²) in [5.41, 5.74) is 8.74. The van der Waals surface area contributed by atoms with Crippen molar-refractivity contribution in [3.63, 3.8) is 0 Å². The molecular formula is C26H30N4O5. The summed E-state index contributed by atoms with van der Waals surface area (Å²) in [4.78, 5) is 32.7. The number of carbonyl (C=O) groups is 1. The number of benzene rings is 1. The first-order valence-corrected chi connectivity index (χ1v) is 11.9. The summed E-state index contributed by atoms with van der Waals surface area (Å²) in [7, 11) is 3.16. The number of ether oxygens (including phenoxy) is 2. The minimum Gasteiger partial charge on any atom is -0.497 e. The Balaban J connectivity index is 1.73. The van der Waals surface area contributed by atoms with Gasteiger partial charge in [0.05, 0.1) is 26.2 Å². The van der Waals surface area contributed by atoms with Gasteiger partial charge < -0.3 is 29.8 Å². The van der Waals surface area contributed by atoms with Crippen molar-refractivity contribution in [2.75, 3.05) is 32.2 Å². The van der Waals surface area contributed by atoms with Crippen LogP contribution in [0.4, 0.5) is 5.82 Å². The van der Waals surface area contributed by atoms with Crippen LogP contribution >= 0.6 is 0 Å². The van der Waals surface area contributed by atoms with Crippen molar-refractivity contribution in [3.05, 3.63) is 56.9 Å². The Labute approximate surface area is 203 Å². The minimum atomic E-state index is -1.24. The third-order valence-corrected chi connectivity index (χ3v) is 7.16. The van der Waals surface area contributed by atoms with Crippen molar-refractivity contribution in [2.24, 2.45) is 5.73 Å². The van der Waals surface area contributed by atoms with Gasteiger partial charge in [0, 0.05) is 37.0 Å². The fraction of sp³-hybridized carbons (Fsp3) is 0.423. The number of methoxy groups -OCH3 is 2. The van der Waals surface area contributed by atoms with Crippen molar-refractivity contribution in [3.8, 4) is 11.5 Å². The summed E-state index contributed by atoms with van der Waals surface area (Å²) >= 11 is 0. The molecule has 2 aliphatic rings. The topological polar surface area (TPSA) is 120 Å². The van der Waals surface area contributed by atoms with Gasteiger partial charge in [0.2, 0.25) is 5.43 Å². The molecule has 1 aliphatic heterocycles. The van der Waals surface area contributed by atoms with Gasteiger partial charge in [-0.15, -0.1) is 0 Å². The third-order valence-electron chi connectivity index (χ3n) is 7.16. The number of carboxylic acids is 1. The Hall–Kier alpha value is -3.59. The number of hydrogen-bond acceptors (Lipinski definition) is 7. The first-order chi connectivity index (χ1) is 16.9. The molecule has 1 aromatic carbocycles. The predicted molar refractivity (Wildman–Crippen MR) is 133 cm³/mol. The number of aromatic carboxylic acids is 1. The molecule has 9 heteroatoms. The summed E-state index contributed by atoms with van der Waals surface area (Å²) < 4.78 is 12.6. The van der Waals surface area contributed by atoms with Crippen LogP contribution in [0.3, 0.4) is 0 Å². The highest BCUT2D eigenvalue weighted by Crippen LogP contribution is 2.36. The molecule has 0 bridgehead atoms. The van der Waals surface area contributed by atoms with Gasteiger partial charge in [-0.25, -0.2) is 9.78 Å². The van der Waals surface area contributed by atoms with E-state index in [0.29, 0.717) is 29.1 Å². The highest BCUT2D eigenvalue weighted by atomic mass is 16.5. The largest absolute Gasteiger partial charge is 0.497 e. The molecule has 9 nitrogen and oxygen atoms in total. The smallest absolute Gasteiger partial charge is 0.341 e. The quantitative estimate of drug-likeness (QED) is 0.555. The molecule has 3 N–H and O–H groups in total. The van der Waals surface area contributed by atoms with Crippen molar-refractivity contribution in [1.29, 1.82) is 0 Å². The molecule has 3 heterocycles. The molecule has 1 saturated heterocycles. The minimum absolute atomic E-state index is 0.193. The second kappa shape index (κ2) is 9.22.